The molecular weight excluding hydrogens is 210 g/mol. The number of hydrogen-bond acceptors (Lipinski definition) is 2. The molecule has 0 bridgehead atoms. The zero-order valence-corrected chi connectivity index (χ0v) is 10.9. The Balaban J connectivity index is 2.75. The molecule has 2 nitrogen and oxygen atoms in total. The van der Waals surface area contributed by atoms with Gasteiger partial charge in [-0.25, -0.2) is 0 Å². The van der Waals surface area contributed by atoms with Crippen molar-refractivity contribution >= 4 is 0 Å². The van der Waals surface area contributed by atoms with Crippen LogP contribution in [0.3, 0.4) is 0 Å². The number of benzene rings is 1. The summed E-state index contributed by atoms with van der Waals surface area (Å²) in [5, 5.41) is 0. The predicted molar refractivity (Wildman–Crippen MR) is 72.8 cm³/mol. The van der Waals surface area contributed by atoms with E-state index in [4.69, 9.17) is 10.5 Å². The molecule has 0 aliphatic heterocycles. The van der Waals surface area contributed by atoms with E-state index in [0.717, 1.165) is 18.4 Å². The Kier molecular flexibility index (Phi) is 5.95. The van der Waals surface area contributed by atoms with Gasteiger partial charge in [-0.3, -0.25) is 0 Å². The molecule has 0 amide bonds. The molecular formula is C15H23NO. The summed E-state index contributed by atoms with van der Waals surface area (Å²) in [6.45, 7) is 8.79. The monoisotopic (exact) mass is 233 g/mol. The first-order valence-corrected chi connectivity index (χ1v) is 6.27. The Morgan fingerprint density at radius 3 is 2.47 bits per heavy atom. The van der Waals surface area contributed by atoms with E-state index in [2.05, 4.69) is 25.6 Å². The first-order valence-electron chi connectivity index (χ1n) is 6.27. The van der Waals surface area contributed by atoms with Crippen LogP contribution in [0.25, 0.3) is 0 Å². The third-order valence-corrected chi connectivity index (χ3v) is 2.89. The van der Waals surface area contributed by atoms with Gasteiger partial charge in [0.1, 0.15) is 0 Å². The zero-order chi connectivity index (χ0) is 12.7. The highest BCUT2D eigenvalue weighted by Crippen LogP contribution is 2.24. The minimum atomic E-state index is -0.0375. The van der Waals surface area contributed by atoms with Gasteiger partial charge in [0, 0.05) is 12.6 Å². The lowest BCUT2D eigenvalue weighted by molar-refractivity contribution is 0.0432. The van der Waals surface area contributed by atoms with Gasteiger partial charge in [-0.1, -0.05) is 49.4 Å². The molecule has 0 radical (unpaired) electrons. The standard InChI is InChI=1S/C15H23NO/c1-4-12(3)11-14(16)15(17-5-2)13-9-7-6-8-10-13/h6-10,14-15H,3-5,11,16H2,1-2H3. The van der Waals surface area contributed by atoms with E-state index in [0.29, 0.717) is 6.61 Å². The fraction of sp³-hybridized carbons (Fsp3) is 0.467. The Hall–Kier alpha value is -1.12. The van der Waals surface area contributed by atoms with E-state index < -0.39 is 0 Å². The van der Waals surface area contributed by atoms with Crippen molar-refractivity contribution in [2.24, 2.45) is 5.73 Å². The smallest absolute Gasteiger partial charge is 0.0978 e. The van der Waals surface area contributed by atoms with Crippen LogP contribution in [-0.4, -0.2) is 12.6 Å². The molecule has 0 heterocycles. The normalized spacial score (nSPS) is 14.3. The molecule has 0 aliphatic rings. The van der Waals surface area contributed by atoms with Crippen LogP contribution in [0.4, 0.5) is 0 Å². The second kappa shape index (κ2) is 7.25. The van der Waals surface area contributed by atoms with Gasteiger partial charge >= 0.3 is 0 Å². The van der Waals surface area contributed by atoms with Crippen LogP contribution in [0.2, 0.25) is 0 Å². The summed E-state index contributed by atoms with van der Waals surface area (Å²) in [5.41, 5.74) is 8.55. The van der Waals surface area contributed by atoms with Crippen molar-refractivity contribution in [1.82, 2.24) is 0 Å². The molecule has 0 saturated heterocycles. The van der Waals surface area contributed by atoms with E-state index in [1.54, 1.807) is 0 Å². The van der Waals surface area contributed by atoms with Gasteiger partial charge in [-0.2, -0.15) is 0 Å². The van der Waals surface area contributed by atoms with E-state index in [1.807, 2.05) is 25.1 Å². The Labute approximate surface area is 104 Å². The first-order chi connectivity index (χ1) is 8.19. The highest BCUT2D eigenvalue weighted by atomic mass is 16.5. The van der Waals surface area contributed by atoms with Crippen LogP contribution in [-0.2, 0) is 4.74 Å². The van der Waals surface area contributed by atoms with Crippen LogP contribution < -0.4 is 5.73 Å². The van der Waals surface area contributed by atoms with Crippen molar-refractivity contribution in [1.29, 1.82) is 0 Å². The van der Waals surface area contributed by atoms with Gasteiger partial charge in [-0.15, -0.1) is 0 Å². The number of ether oxygens (including phenoxy) is 1. The molecule has 1 aromatic carbocycles. The van der Waals surface area contributed by atoms with Gasteiger partial charge in [0.05, 0.1) is 6.10 Å². The van der Waals surface area contributed by atoms with Gasteiger partial charge < -0.3 is 10.5 Å². The molecule has 2 heteroatoms. The highest BCUT2D eigenvalue weighted by molar-refractivity contribution is 5.20. The quantitative estimate of drug-likeness (QED) is 0.732. The van der Waals surface area contributed by atoms with Crippen LogP contribution >= 0.6 is 0 Å². The lowest BCUT2D eigenvalue weighted by atomic mass is 9.96. The highest BCUT2D eigenvalue weighted by Gasteiger charge is 2.20. The second-order valence-corrected chi connectivity index (χ2v) is 4.26. The van der Waals surface area contributed by atoms with Crippen LogP contribution in [0.5, 0.6) is 0 Å². The maximum Gasteiger partial charge on any atom is 0.0978 e. The molecule has 2 atom stereocenters. The van der Waals surface area contributed by atoms with Crippen molar-refractivity contribution in [3.63, 3.8) is 0 Å². The summed E-state index contributed by atoms with van der Waals surface area (Å²) in [6, 6.07) is 10.1. The largest absolute Gasteiger partial charge is 0.372 e. The minimum Gasteiger partial charge on any atom is -0.372 e. The van der Waals surface area contributed by atoms with Gasteiger partial charge in [0.15, 0.2) is 0 Å². The molecule has 0 aliphatic carbocycles. The average molecular weight is 233 g/mol. The molecule has 17 heavy (non-hydrogen) atoms. The van der Waals surface area contributed by atoms with E-state index >= 15 is 0 Å². The number of nitrogens with two attached hydrogens (primary N) is 1. The molecule has 0 saturated carbocycles. The molecule has 94 valence electrons. The Morgan fingerprint density at radius 2 is 1.94 bits per heavy atom. The summed E-state index contributed by atoms with van der Waals surface area (Å²) in [6.07, 6.45) is 1.75. The lowest BCUT2D eigenvalue weighted by Crippen LogP contribution is -2.30. The van der Waals surface area contributed by atoms with E-state index in [-0.39, 0.29) is 12.1 Å². The summed E-state index contributed by atoms with van der Waals surface area (Å²) < 4.78 is 5.77. The van der Waals surface area contributed by atoms with Crippen molar-refractivity contribution in [3.8, 4) is 0 Å². The van der Waals surface area contributed by atoms with Crippen molar-refractivity contribution < 1.29 is 4.74 Å². The minimum absolute atomic E-state index is 0.0233. The fourth-order valence-electron chi connectivity index (χ4n) is 1.87. The molecule has 0 aromatic heterocycles. The molecule has 2 unspecified atom stereocenters. The average Bonchev–Trinajstić information content (AvgIpc) is 2.36. The topological polar surface area (TPSA) is 35.2 Å². The van der Waals surface area contributed by atoms with E-state index in [9.17, 15) is 0 Å². The van der Waals surface area contributed by atoms with Gasteiger partial charge in [0.25, 0.3) is 0 Å². The third-order valence-electron chi connectivity index (χ3n) is 2.89. The Bertz CT molecular complexity index is 334. The van der Waals surface area contributed by atoms with Crippen LogP contribution in [0.1, 0.15) is 38.4 Å². The summed E-state index contributed by atoms with van der Waals surface area (Å²) in [7, 11) is 0. The maximum atomic E-state index is 6.23. The summed E-state index contributed by atoms with van der Waals surface area (Å²) in [5.74, 6) is 0. The molecule has 1 rings (SSSR count). The number of hydrogen-bond donors (Lipinski definition) is 1. The zero-order valence-electron chi connectivity index (χ0n) is 10.9. The first kappa shape index (κ1) is 13.9. The van der Waals surface area contributed by atoms with Gasteiger partial charge in [0.2, 0.25) is 0 Å². The second-order valence-electron chi connectivity index (χ2n) is 4.26. The SMILES string of the molecule is C=C(CC)CC(N)C(OCC)c1ccccc1. The third kappa shape index (κ3) is 4.33. The van der Waals surface area contributed by atoms with Crippen molar-refractivity contribution in [2.45, 2.75) is 38.8 Å². The van der Waals surface area contributed by atoms with Crippen molar-refractivity contribution in [3.05, 3.63) is 48.0 Å². The summed E-state index contributed by atoms with van der Waals surface area (Å²) >= 11 is 0. The lowest BCUT2D eigenvalue weighted by Gasteiger charge is -2.24. The number of rotatable bonds is 7. The summed E-state index contributed by atoms with van der Waals surface area (Å²) in [4.78, 5) is 0. The molecule has 0 fully saturated rings. The van der Waals surface area contributed by atoms with Gasteiger partial charge in [-0.05, 0) is 25.3 Å². The molecule has 0 spiro atoms. The molecule has 1 aromatic rings. The van der Waals surface area contributed by atoms with Crippen LogP contribution in [0.15, 0.2) is 42.5 Å². The van der Waals surface area contributed by atoms with Crippen LogP contribution in [0, 0.1) is 0 Å². The van der Waals surface area contributed by atoms with Crippen molar-refractivity contribution in [2.75, 3.05) is 6.61 Å². The van der Waals surface area contributed by atoms with E-state index in [1.165, 1.54) is 5.57 Å². The Morgan fingerprint density at radius 1 is 1.29 bits per heavy atom. The maximum absolute atomic E-state index is 6.23. The predicted octanol–water partition coefficient (Wildman–Crippen LogP) is 3.45. The molecule has 2 N–H and O–H groups in total. The fourth-order valence-corrected chi connectivity index (χ4v) is 1.87.